The Balaban J connectivity index is 1.74. The lowest BCUT2D eigenvalue weighted by Gasteiger charge is -2.13. The van der Waals surface area contributed by atoms with Gasteiger partial charge in [0.05, 0.1) is 10.2 Å². The smallest absolute Gasteiger partial charge is 0.271 e. The van der Waals surface area contributed by atoms with Crippen molar-refractivity contribution in [2.75, 3.05) is 5.32 Å². The summed E-state index contributed by atoms with van der Waals surface area (Å²) >= 11 is 1.27. The largest absolute Gasteiger partial charge is 0.325 e. The molecule has 0 spiro atoms. The van der Waals surface area contributed by atoms with Gasteiger partial charge < -0.3 is 5.32 Å². The van der Waals surface area contributed by atoms with Gasteiger partial charge in [0.1, 0.15) is 5.82 Å². The molecule has 1 N–H and O–H groups in total. The Morgan fingerprint density at radius 1 is 1.19 bits per heavy atom. The number of aromatic nitrogens is 3. The fourth-order valence-corrected chi connectivity index (χ4v) is 3.36. The minimum Gasteiger partial charge on any atom is -0.325 e. The van der Waals surface area contributed by atoms with Crippen LogP contribution in [-0.2, 0) is 4.79 Å². The quantitative estimate of drug-likeness (QED) is 0.396. The van der Waals surface area contributed by atoms with Crippen LogP contribution in [-0.4, -0.2) is 30.8 Å². The summed E-state index contributed by atoms with van der Waals surface area (Å²) in [6.07, 6.45) is 0. The third-order valence-electron chi connectivity index (χ3n) is 3.79. The SMILES string of the molecule is Cc1nnc(SC(C)C(=O)Nc2cccc([N+](=O)[O-])c2)n1-c1ccccc1. The predicted octanol–water partition coefficient (Wildman–Crippen LogP) is 3.60. The molecule has 0 aliphatic carbocycles. The maximum Gasteiger partial charge on any atom is 0.271 e. The third kappa shape index (κ3) is 4.32. The van der Waals surface area contributed by atoms with Crippen molar-refractivity contribution in [2.24, 2.45) is 0 Å². The highest BCUT2D eigenvalue weighted by Crippen LogP contribution is 2.26. The Morgan fingerprint density at radius 3 is 2.63 bits per heavy atom. The van der Waals surface area contributed by atoms with Gasteiger partial charge in [-0.05, 0) is 32.0 Å². The van der Waals surface area contributed by atoms with E-state index < -0.39 is 10.2 Å². The van der Waals surface area contributed by atoms with Crippen molar-refractivity contribution in [3.8, 4) is 5.69 Å². The molecule has 0 aliphatic rings. The van der Waals surface area contributed by atoms with Crippen molar-refractivity contribution in [3.05, 3.63) is 70.5 Å². The molecule has 0 radical (unpaired) electrons. The number of amides is 1. The van der Waals surface area contributed by atoms with E-state index in [-0.39, 0.29) is 11.6 Å². The first-order valence-corrected chi connectivity index (χ1v) is 9.03. The molecular weight excluding hydrogens is 366 g/mol. The first kappa shape index (κ1) is 18.6. The zero-order valence-electron chi connectivity index (χ0n) is 14.7. The van der Waals surface area contributed by atoms with E-state index in [2.05, 4.69) is 15.5 Å². The minimum atomic E-state index is -0.501. The number of non-ortho nitro benzene ring substituents is 1. The molecule has 3 rings (SSSR count). The van der Waals surface area contributed by atoms with Gasteiger partial charge in [-0.3, -0.25) is 19.5 Å². The number of anilines is 1. The Morgan fingerprint density at radius 2 is 1.93 bits per heavy atom. The second kappa shape index (κ2) is 8.00. The highest BCUT2D eigenvalue weighted by Gasteiger charge is 2.20. The molecule has 9 heteroatoms. The standard InChI is InChI=1S/C18H17N5O3S/c1-12(17(24)19-14-7-6-10-16(11-14)23(25)26)27-18-21-20-13(2)22(18)15-8-4-3-5-9-15/h3-12H,1-2H3,(H,19,24). The topological polar surface area (TPSA) is 103 Å². The number of carbonyl (C=O) groups is 1. The van der Waals surface area contributed by atoms with E-state index in [1.54, 1.807) is 13.0 Å². The molecule has 138 valence electrons. The molecule has 8 nitrogen and oxygen atoms in total. The van der Waals surface area contributed by atoms with Crippen molar-refractivity contribution >= 4 is 29.0 Å². The van der Waals surface area contributed by atoms with E-state index in [1.165, 1.54) is 30.0 Å². The molecule has 1 heterocycles. The number of aryl methyl sites for hydroxylation is 1. The van der Waals surface area contributed by atoms with Gasteiger partial charge in [0.15, 0.2) is 5.16 Å². The van der Waals surface area contributed by atoms with Crippen LogP contribution in [0.25, 0.3) is 5.69 Å². The number of thioether (sulfide) groups is 1. The van der Waals surface area contributed by atoms with Gasteiger partial charge in [-0.2, -0.15) is 0 Å². The number of hydrogen-bond donors (Lipinski definition) is 1. The average molecular weight is 383 g/mol. The van der Waals surface area contributed by atoms with Gasteiger partial charge in [0, 0.05) is 23.5 Å². The fourth-order valence-electron chi connectivity index (χ4n) is 2.45. The van der Waals surface area contributed by atoms with Crippen LogP contribution >= 0.6 is 11.8 Å². The normalized spacial score (nSPS) is 11.8. The minimum absolute atomic E-state index is 0.0763. The number of hydrogen-bond acceptors (Lipinski definition) is 6. The predicted molar refractivity (Wildman–Crippen MR) is 103 cm³/mol. The summed E-state index contributed by atoms with van der Waals surface area (Å²) in [5, 5.41) is 22.0. The van der Waals surface area contributed by atoms with Crippen LogP contribution in [0.5, 0.6) is 0 Å². The van der Waals surface area contributed by atoms with Gasteiger partial charge in [0.25, 0.3) is 5.69 Å². The highest BCUT2D eigenvalue weighted by atomic mass is 32.2. The van der Waals surface area contributed by atoms with E-state index >= 15 is 0 Å². The van der Waals surface area contributed by atoms with Crippen LogP contribution in [0.2, 0.25) is 0 Å². The Bertz CT molecular complexity index is 974. The second-order valence-electron chi connectivity index (χ2n) is 5.76. The molecule has 27 heavy (non-hydrogen) atoms. The van der Waals surface area contributed by atoms with Crippen LogP contribution in [0.4, 0.5) is 11.4 Å². The van der Waals surface area contributed by atoms with Crippen LogP contribution < -0.4 is 5.32 Å². The van der Waals surface area contributed by atoms with Crippen molar-refractivity contribution in [2.45, 2.75) is 24.3 Å². The lowest BCUT2D eigenvalue weighted by molar-refractivity contribution is -0.384. The number of benzene rings is 2. The molecule has 0 saturated heterocycles. The van der Waals surface area contributed by atoms with Crippen LogP contribution in [0.15, 0.2) is 59.8 Å². The molecule has 0 saturated carbocycles. The number of nitrogens with one attached hydrogen (secondary N) is 1. The lowest BCUT2D eigenvalue weighted by Crippen LogP contribution is -2.23. The molecular formula is C18H17N5O3S. The first-order chi connectivity index (χ1) is 13.0. The lowest BCUT2D eigenvalue weighted by atomic mass is 10.2. The average Bonchev–Trinajstić information content (AvgIpc) is 3.02. The van der Waals surface area contributed by atoms with Gasteiger partial charge in [-0.15, -0.1) is 10.2 Å². The van der Waals surface area contributed by atoms with E-state index in [4.69, 9.17) is 0 Å². The second-order valence-corrected chi connectivity index (χ2v) is 7.07. The van der Waals surface area contributed by atoms with Gasteiger partial charge in [0.2, 0.25) is 5.91 Å². The Labute approximate surface area is 159 Å². The molecule has 2 aromatic carbocycles. The molecule has 0 fully saturated rings. The van der Waals surface area contributed by atoms with Crippen molar-refractivity contribution in [1.29, 1.82) is 0 Å². The Hall–Kier alpha value is -3.20. The van der Waals surface area contributed by atoms with E-state index in [0.717, 1.165) is 11.5 Å². The van der Waals surface area contributed by atoms with Crippen molar-refractivity contribution in [3.63, 3.8) is 0 Å². The van der Waals surface area contributed by atoms with Gasteiger partial charge >= 0.3 is 0 Å². The van der Waals surface area contributed by atoms with E-state index in [9.17, 15) is 14.9 Å². The van der Waals surface area contributed by atoms with Gasteiger partial charge in [-0.25, -0.2) is 0 Å². The zero-order valence-corrected chi connectivity index (χ0v) is 15.5. The molecule has 1 aromatic heterocycles. The summed E-state index contributed by atoms with van der Waals surface area (Å²) in [4.78, 5) is 22.9. The number of carbonyl (C=O) groups excluding carboxylic acids is 1. The summed E-state index contributed by atoms with van der Waals surface area (Å²) < 4.78 is 1.88. The number of nitro benzene ring substituents is 1. The highest BCUT2D eigenvalue weighted by molar-refractivity contribution is 8.00. The summed E-state index contributed by atoms with van der Waals surface area (Å²) in [5.74, 6) is 0.441. The number of rotatable bonds is 6. The maximum atomic E-state index is 12.5. The summed E-state index contributed by atoms with van der Waals surface area (Å²) in [6.45, 7) is 3.59. The zero-order chi connectivity index (χ0) is 19.4. The molecule has 1 atom stereocenters. The molecule has 1 amide bonds. The Kier molecular flexibility index (Phi) is 5.51. The van der Waals surface area contributed by atoms with E-state index in [0.29, 0.717) is 10.8 Å². The number of para-hydroxylation sites is 1. The number of nitro groups is 1. The maximum absolute atomic E-state index is 12.5. The monoisotopic (exact) mass is 383 g/mol. The number of nitrogens with zero attached hydrogens (tertiary/aromatic N) is 4. The van der Waals surface area contributed by atoms with Crippen molar-refractivity contribution in [1.82, 2.24) is 14.8 Å². The summed E-state index contributed by atoms with van der Waals surface area (Å²) in [6, 6.07) is 15.5. The fraction of sp³-hybridized carbons (Fsp3) is 0.167. The van der Waals surface area contributed by atoms with Gasteiger partial charge in [-0.1, -0.05) is 36.0 Å². The summed E-state index contributed by atoms with van der Waals surface area (Å²) in [7, 11) is 0. The first-order valence-electron chi connectivity index (χ1n) is 8.15. The van der Waals surface area contributed by atoms with Crippen LogP contribution in [0, 0.1) is 17.0 Å². The van der Waals surface area contributed by atoms with Crippen molar-refractivity contribution < 1.29 is 9.72 Å². The van der Waals surface area contributed by atoms with E-state index in [1.807, 2.05) is 41.8 Å². The summed E-state index contributed by atoms with van der Waals surface area (Å²) in [5.41, 5.74) is 1.21. The third-order valence-corrected chi connectivity index (χ3v) is 4.83. The molecule has 1 unspecified atom stereocenters. The molecule has 0 bridgehead atoms. The molecule has 0 aliphatic heterocycles. The van der Waals surface area contributed by atoms with Crippen LogP contribution in [0.3, 0.4) is 0 Å². The van der Waals surface area contributed by atoms with Crippen LogP contribution in [0.1, 0.15) is 12.7 Å². The molecule has 3 aromatic rings.